The van der Waals surface area contributed by atoms with E-state index < -0.39 is 0 Å². The summed E-state index contributed by atoms with van der Waals surface area (Å²) in [6.07, 6.45) is 4.17. The van der Waals surface area contributed by atoms with Crippen molar-refractivity contribution in [2.45, 2.75) is 26.7 Å². The van der Waals surface area contributed by atoms with Crippen molar-refractivity contribution in [3.8, 4) is 0 Å². The van der Waals surface area contributed by atoms with Gasteiger partial charge in [0, 0.05) is 23.5 Å². The quantitative estimate of drug-likeness (QED) is 0.813. The Morgan fingerprint density at radius 3 is 2.70 bits per heavy atom. The Hall–Kier alpha value is -2.40. The van der Waals surface area contributed by atoms with E-state index in [1.165, 1.54) is 11.1 Å². The largest absolute Gasteiger partial charge is 0.321 e. The number of nitrogens with one attached hydrogen (secondary N) is 3. The van der Waals surface area contributed by atoms with Crippen molar-refractivity contribution in [2.75, 3.05) is 18.4 Å². The second-order valence-electron chi connectivity index (χ2n) is 5.76. The number of carbonyl (C=O) groups is 1. The number of carbonyl (C=O) groups excluding carboxylic acids is 1. The third-order valence-electron chi connectivity index (χ3n) is 4.22. The second kappa shape index (κ2) is 6.79. The molecule has 2 heterocycles. The Balaban J connectivity index is 1.71. The summed E-state index contributed by atoms with van der Waals surface area (Å²) >= 11 is 0. The zero-order chi connectivity index (χ0) is 16.2. The first-order valence-electron chi connectivity index (χ1n) is 8.04. The van der Waals surface area contributed by atoms with Crippen molar-refractivity contribution >= 4 is 17.2 Å². The third kappa shape index (κ3) is 3.35. The van der Waals surface area contributed by atoms with Crippen LogP contribution in [0.5, 0.6) is 0 Å². The summed E-state index contributed by atoms with van der Waals surface area (Å²) in [7, 11) is 0. The summed E-state index contributed by atoms with van der Waals surface area (Å²) < 4.78 is 0. The van der Waals surface area contributed by atoms with Crippen LogP contribution in [0.4, 0.5) is 5.69 Å². The third-order valence-corrected chi connectivity index (χ3v) is 4.22. The highest BCUT2D eigenvalue weighted by atomic mass is 16.1. The van der Waals surface area contributed by atoms with E-state index in [0.717, 1.165) is 42.9 Å². The second-order valence-corrected chi connectivity index (χ2v) is 5.76. The summed E-state index contributed by atoms with van der Waals surface area (Å²) in [5.41, 5.74) is 5.67. The zero-order valence-corrected chi connectivity index (χ0v) is 13.6. The average Bonchev–Trinajstić information content (AvgIpc) is 2.97. The molecule has 0 saturated carbocycles. The number of aromatic nitrogens is 2. The van der Waals surface area contributed by atoms with Crippen molar-refractivity contribution < 1.29 is 4.79 Å². The number of aryl methyl sites for hydroxylation is 1. The molecule has 0 radical (unpaired) electrons. The van der Waals surface area contributed by atoms with Gasteiger partial charge < -0.3 is 10.6 Å². The van der Waals surface area contributed by atoms with E-state index in [2.05, 4.69) is 26.9 Å². The molecule has 2 aromatic rings. The Labute approximate surface area is 136 Å². The van der Waals surface area contributed by atoms with Gasteiger partial charge in [-0.3, -0.25) is 9.89 Å². The molecule has 5 heteroatoms. The molecule has 1 aliphatic rings. The van der Waals surface area contributed by atoms with Gasteiger partial charge in [-0.1, -0.05) is 25.1 Å². The number of hydrogen-bond donors (Lipinski definition) is 3. The topological polar surface area (TPSA) is 69.8 Å². The lowest BCUT2D eigenvalue weighted by molar-refractivity contribution is 0.102. The molecule has 1 aromatic carbocycles. The van der Waals surface area contributed by atoms with Gasteiger partial charge in [0.25, 0.3) is 5.91 Å². The average molecular weight is 310 g/mol. The molecule has 1 amide bonds. The van der Waals surface area contributed by atoms with Crippen LogP contribution in [0.1, 0.15) is 40.7 Å². The van der Waals surface area contributed by atoms with Gasteiger partial charge >= 0.3 is 0 Å². The molecule has 1 aliphatic heterocycles. The highest BCUT2D eigenvalue weighted by Gasteiger charge is 2.15. The van der Waals surface area contributed by atoms with Crippen LogP contribution in [-0.4, -0.2) is 29.2 Å². The molecular weight excluding hydrogens is 288 g/mol. The van der Waals surface area contributed by atoms with Gasteiger partial charge in [0.15, 0.2) is 5.69 Å². The highest BCUT2D eigenvalue weighted by molar-refractivity contribution is 6.04. The zero-order valence-electron chi connectivity index (χ0n) is 13.6. The molecule has 0 saturated heterocycles. The lowest BCUT2D eigenvalue weighted by Gasteiger charge is -2.14. The number of H-pyrrole nitrogens is 1. The normalized spacial score (nSPS) is 14.4. The number of benzene rings is 1. The van der Waals surface area contributed by atoms with Crippen LogP contribution in [0.15, 0.2) is 30.3 Å². The minimum Gasteiger partial charge on any atom is -0.321 e. The number of nitrogens with zero attached hydrogens (tertiary/aromatic N) is 1. The first-order chi connectivity index (χ1) is 11.2. The summed E-state index contributed by atoms with van der Waals surface area (Å²) in [5.74, 6) is -0.176. The summed E-state index contributed by atoms with van der Waals surface area (Å²) in [6.45, 7) is 5.90. The predicted molar refractivity (Wildman–Crippen MR) is 92.6 cm³/mol. The van der Waals surface area contributed by atoms with E-state index in [0.29, 0.717) is 5.69 Å². The van der Waals surface area contributed by atoms with Crippen molar-refractivity contribution in [1.82, 2.24) is 15.5 Å². The van der Waals surface area contributed by atoms with Gasteiger partial charge in [-0.15, -0.1) is 0 Å². The molecule has 0 unspecified atom stereocenters. The molecular formula is C18H22N4O. The summed E-state index contributed by atoms with van der Waals surface area (Å²) in [4.78, 5) is 12.3. The van der Waals surface area contributed by atoms with E-state index in [9.17, 15) is 4.79 Å². The van der Waals surface area contributed by atoms with Crippen LogP contribution in [-0.2, 0) is 6.42 Å². The lowest BCUT2D eigenvalue weighted by atomic mass is 10.0. The number of aromatic amines is 1. The van der Waals surface area contributed by atoms with Crippen LogP contribution < -0.4 is 10.6 Å². The monoisotopic (exact) mass is 310 g/mol. The molecule has 3 N–H and O–H groups in total. The van der Waals surface area contributed by atoms with Gasteiger partial charge in [0.05, 0.1) is 0 Å². The van der Waals surface area contributed by atoms with E-state index in [4.69, 9.17) is 0 Å². The predicted octanol–water partition coefficient (Wildman–Crippen LogP) is 2.91. The van der Waals surface area contributed by atoms with E-state index in [1.807, 2.05) is 38.1 Å². The SMILES string of the molecule is CCc1[nH]nc(C(=O)Nc2ccc(C3=CCCNC3)cc2)c1C. The fourth-order valence-corrected chi connectivity index (χ4v) is 2.82. The molecule has 0 bridgehead atoms. The maximum absolute atomic E-state index is 12.3. The van der Waals surface area contributed by atoms with Crippen LogP contribution in [0, 0.1) is 6.92 Å². The molecule has 23 heavy (non-hydrogen) atoms. The maximum atomic E-state index is 12.3. The van der Waals surface area contributed by atoms with E-state index >= 15 is 0 Å². The fourth-order valence-electron chi connectivity index (χ4n) is 2.82. The first kappa shape index (κ1) is 15.5. The molecule has 3 rings (SSSR count). The van der Waals surface area contributed by atoms with Gasteiger partial charge in [-0.2, -0.15) is 5.10 Å². The van der Waals surface area contributed by atoms with E-state index in [1.54, 1.807) is 0 Å². The fraction of sp³-hybridized carbons (Fsp3) is 0.333. The summed E-state index contributed by atoms with van der Waals surface area (Å²) in [6, 6.07) is 7.96. The lowest BCUT2D eigenvalue weighted by Crippen LogP contribution is -2.21. The highest BCUT2D eigenvalue weighted by Crippen LogP contribution is 2.20. The van der Waals surface area contributed by atoms with Crippen LogP contribution in [0.2, 0.25) is 0 Å². The molecule has 0 aliphatic carbocycles. The molecule has 0 atom stereocenters. The molecule has 0 spiro atoms. The molecule has 1 aromatic heterocycles. The maximum Gasteiger partial charge on any atom is 0.276 e. The minimum atomic E-state index is -0.176. The van der Waals surface area contributed by atoms with Gasteiger partial charge in [-0.05, 0) is 49.6 Å². The van der Waals surface area contributed by atoms with Gasteiger partial charge in [0.1, 0.15) is 0 Å². The summed E-state index contributed by atoms with van der Waals surface area (Å²) in [5, 5.41) is 13.3. The Bertz CT molecular complexity index is 728. The molecule has 5 nitrogen and oxygen atoms in total. The first-order valence-corrected chi connectivity index (χ1v) is 8.04. The Kier molecular flexibility index (Phi) is 4.57. The van der Waals surface area contributed by atoms with Crippen molar-refractivity contribution in [3.05, 3.63) is 52.9 Å². The number of amides is 1. The van der Waals surface area contributed by atoms with Crippen molar-refractivity contribution in [2.24, 2.45) is 0 Å². The van der Waals surface area contributed by atoms with Crippen molar-refractivity contribution in [3.63, 3.8) is 0 Å². The molecule has 0 fully saturated rings. The Morgan fingerprint density at radius 2 is 2.09 bits per heavy atom. The van der Waals surface area contributed by atoms with Crippen molar-refractivity contribution in [1.29, 1.82) is 0 Å². The van der Waals surface area contributed by atoms with Crippen LogP contribution in [0.3, 0.4) is 0 Å². The molecule has 120 valence electrons. The van der Waals surface area contributed by atoms with Crippen LogP contribution >= 0.6 is 0 Å². The smallest absolute Gasteiger partial charge is 0.276 e. The number of rotatable bonds is 4. The minimum absolute atomic E-state index is 0.176. The van der Waals surface area contributed by atoms with Gasteiger partial charge in [0.2, 0.25) is 0 Å². The number of hydrogen-bond acceptors (Lipinski definition) is 3. The number of anilines is 1. The van der Waals surface area contributed by atoms with Crippen LogP contribution in [0.25, 0.3) is 5.57 Å². The van der Waals surface area contributed by atoms with E-state index in [-0.39, 0.29) is 5.91 Å². The van der Waals surface area contributed by atoms with Gasteiger partial charge in [-0.25, -0.2) is 0 Å². The Morgan fingerprint density at radius 1 is 1.30 bits per heavy atom. The standard InChI is InChI=1S/C18H22N4O/c1-3-16-12(2)17(22-21-16)18(23)20-15-8-6-13(7-9-15)14-5-4-10-19-11-14/h5-9,19H,3-4,10-11H2,1-2H3,(H,20,23)(H,21,22).